The number of aliphatic imine (C=N–C) groups is 1. The normalized spacial score (nSPS) is 15.9. The van der Waals surface area contributed by atoms with Crippen LogP contribution in [0.2, 0.25) is 10.0 Å². The van der Waals surface area contributed by atoms with E-state index in [1.54, 1.807) is 24.3 Å². The van der Waals surface area contributed by atoms with Crippen molar-refractivity contribution in [2.24, 2.45) is 4.99 Å². The molecule has 3 nitrogen and oxygen atoms in total. The summed E-state index contributed by atoms with van der Waals surface area (Å²) >= 11 is 11.8. The van der Waals surface area contributed by atoms with Crippen LogP contribution < -0.4 is 0 Å². The van der Waals surface area contributed by atoms with E-state index < -0.39 is 5.97 Å². The van der Waals surface area contributed by atoms with Gasteiger partial charge < -0.3 is 4.74 Å². The first kappa shape index (κ1) is 14.8. The summed E-state index contributed by atoms with van der Waals surface area (Å²) in [4.78, 5) is 16.1. The van der Waals surface area contributed by atoms with Gasteiger partial charge in [-0.3, -0.25) is 0 Å². The number of aryl methyl sites for hydroxylation is 1. The van der Waals surface area contributed by atoms with E-state index in [-0.39, 0.29) is 11.6 Å². The lowest BCUT2D eigenvalue weighted by molar-refractivity contribution is -0.129. The van der Waals surface area contributed by atoms with E-state index in [2.05, 4.69) is 4.99 Å². The highest BCUT2D eigenvalue weighted by molar-refractivity contribution is 6.42. The Kier molecular flexibility index (Phi) is 4.01. The van der Waals surface area contributed by atoms with Gasteiger partial charge in [0.05, 0.1) is 10.0 Å². The number of halogens is 2. The molecular formula is C17H11Cl2NO2. The van der Waals surface area contributed by atoms with E-state index in [0.717, 1.165) is 11.1 Å². The number of rotatable bonds is 2. The van der Waals surface area contributed by atoms with Crippen LogP contribution in [0.4, 0.5) is 0 Å². The van der Waals surface area contributed by atoms with Gasteiger partial charge in [0.25, 0.3) is 0 Å². The summed E-state index contributed by atoms with van der Waals surface area (Å²) < 4.78 is 5.19. The lowest BCUT2D eigenvalue weighted by atomic mass is 10.1. The minimum atomic E-state index is -0.485. The second-order valence-electron chi connectivity index (χ2n) is 4.88. The van der Waals surface area contributed by atoms with Crippen molar-refractivity contribution in [3.63, 3.8) is 0 Å². The molecule has 0 fully saturated rings. The number of hydrogen-bond donors (Lipinski definition) is 0. The van der Waals surface area contributed by atoms with Gasteiger partial charge in [-0.05, 0) is 36.8 Å². The smallest absolute Gasteiger partial charge is 0.363 e. The third-order valence-electron chi connectivity index (χ3n) is 3.17. The van der Waals surface area contributed by atoms with Crippen molar-refractivity contribution >= 4 is 41.1 Å². The summed E-state index contributed by atoms with van der Waals surface area (Å²) in [5.74, 6) is -0.261. The Hall–Kier alpha value is -2.10. The Balaban J connectivity index is 1.94. The molecule has 0 N–H and O–H groups in total. The van der Waals surface area contributed by atoms with Crippen LogP contribution in [0.1, 0.15) is 16.7 Å². The number of ether oxygens (including phenoxy) is 1. The molecule has 0 aliphatic carbocycles. The number of esters is 1. The number of carbonyl (C=O) groups excluding carboxylic acids is 1. The summed E-state index contributed by atoms with van der Waals surface area (Å²) in [6.07, 6.45) is 1.69. The third kappa shape index (κ3) is 3.06. The average molecular weight is 332 g/mol. The molecule has 3 rings (SSSR count). The Morgan fingerprint density at radius 2 is 1.77 bits per heavy atom. The van der Waals surface area contributed by atoms with Gasteiger partial charge in [-0.25, -0.2) is 9.79 Å². The van der Waals surface area contributed by atoms with Crippen LogP contribution in [0.3, 0.4) is 0 Å². The van der Waals surface area contributed by atoms with E-state index in [1.165, 1.54) is 0 Å². The molecule has 0 bridgehead atoms. The zero-order valence-electron chi connectivity index (χ0n) is 11.6. The molecule has 0 spiro atoms. The molecule has 5 heteroatoms. The molecule has 0 amide bonds. The van der Waals surface area contributed by atoms with Crippen molar-refractivity contribution in [3.8, 4) is 0 Å². The molecular weight excluding hydrogens is 321 g/mol. The SMILES string of the molecule is Cc1ccc(/C=C2\N=C(c3ccc(Cl)c(Cl)c3)OC2=O)cc1. The van der Waals surface area contributed by atoms with Crippen molar-refractivity contribution in [2.75, 3.05) is 0 Å². The van der Waals surface area contributed by atoms with Crippen molar-refractivity contribution < 1.29 is 9.53 Å². The van der Waals surface area contributed by atoms with Gasteiger partial charge in [-0.2, -0.15) is 0 Å². The van der Waals surface area contributed by atoms with Crippen LogP contribution in [0.15, 0.2) is 53.2 Å². The maximum Gasteiger partial charge on any atom is 0.363 e. The second kappa shape index (κ2) is 5.95. The predicted molar refractivity (Wildman–Crippen MR) is 88.2 cm³/mol. The highest BCUT2D eigenvalue weighted by atomic mass is 35.5. The fraction of sp³-hybridized carbons (Fsp3) is 0.0588. The molecule has 1 heterocycles. The topological polar surface area (TPSA) is 38.7 Å². The zero-order chi connectivity index (χ0) is 15.7. The number of benzene rings is 2. The van der Waals surface area contributed by atoms with E-state index in [1.807, 2.05) is 31.2 Å². The largest absolute Gasteiger partial charge is 0.402 e. The maximum absolute atomic E-state index is 11.9. The van der Waals surface area contributed by atoms with E-state index in [4.69, 9.17) is 27.9 Å². The summed E-state index contributed by atoms with van der Waals surface area (Å²) in [5, 5.41) is 0.819. The van der Waals surface area contributed by atoms with Gasteiger partial charge in [-0.15, -0.1) is 0 Å². The quantitative estimate of drug-likeness (QED) is 0.593. The molecule has 1 aliphatic rings. The molecule has 0 aromatic heterocycles. The lowest BCUT2D eigenvalue weighted by Crippen LogP contribution is -2.05. The Bertz CT molecular complexity index is 808. The first-order valence-electron chi connectivity index (χ1n) is 6.57. The molecule has 0 atom stereocenters. The molecule has 0 saturated carbocycles. The van der Waals surface area contributed by atoms with Crippen LogP contribution in [-0.4, -0.2) is 11.9 Å². The molecule has 0 unspecified atom stereocenters. The van der Waals surface area contributed by atoms with Crippen molar-refractivity contribution in [2.45, 2.75) is 6.92 Å². The van der Waals surface area contributed by atoms with Gasteiger partial charge in [0, 0.05) is 5.56 Å². The third-order valence-corrected chi connectivity index (χ3v) is 3.91. The van der Waals surface area contributed by atoms with Crippen molar-refractivity contribution in [1.82, 2.24) is 0 Å². The van der Waals surface area contributed by atoms with Gasteiger partial charge in [0.2, 0.25) is 5.90 Å². The fourth-order valence-corrected chi connectivity index (χ4v) is 2.28. The van der Waals surface area contributed by atoms with E-state index in [9.17, 15) is 4.79 Å². The van der Waals surface area contributed by atoms with E-state index in [0.29, 0.717) is 15.6 Å². The first-order chi connectivity index (χ1) is 10.5. The monoisotopic (exact) mass is 331 g/mol. The molecule has 2 aromatic rings. The molecule has 2 aromatic carbocycles. The van der Waals surface area contributed by atoms with Crippen LogP contribution in [0.5, 0.6) is 0 Å². The predicted octanol–water partition coefficient (Wildman–Crippen LogP) is 4.65. The summed E-state index contributed by atoms with van der Waals surface area (Å²) in [6.45, 7) is 2.00. The van der Waals surface area contributed by atoms with Crippen LogP contribution in [0.25, 0.3) is 6.08 Å². The molecule has 22 heavy (non-hydrogen) atoms. The molecule has 1 aliphatic heterocycles. The van der Waals surface area contributed by atoms with Crippen LogP contribution in [0, 0.1) is 6.92 Å². The van der Waals surface area contributed by atoms with Gasteiger partial charge in [0.15, 0.2) is 5.70 Å². The Morgan fingerprint density at radius 1 is 1.05 bits per heavy atom. The average Bonchev–Trinajstić information content (AvgIpc) is 2.85. The van der Waals surface area contributed by atoms with Gasteiger partial charge in [-0.1, -0.05) is 53.0 Å². The van der Waals surface area contributed by atoms with Crippen molar-refractivity contribution in [1.29, 1.82) is 0 Å². The molecule has 110 valence electrons. The Morgan fingerprint density at radius 3 is 2.45 bits per heavy atom. The molecule has 0 saturated heterocycles. The molecule has 0 radical (unpaired) electrons. The van der Waals surface area contributed by atoms with Crippen LogP contribution in [-0.2, 0) is 9.53 Å². The highest BCUT2D eigenvalue weighted by Gasteiger charge is 2.24. The number of nitrogens with zero attached hydrogens (tertiary/aromatic N) is 1. The highest BCUT2D eigenvalue weighted by Crippen LogP contribution is 2.25. The maximum atomic E-state index is 11.9. The number of carbonyl (C=O) groups is 1. The van der Waals surface area contributed by atoms with Gasteiger partial charge >= 0.3 is 5.97 Å². The first-order valence-corrected chi connectivity index (χ1v) is 7.33. The van der Waals surface area contributed by atoms with Crippen LogP contribution >= 0.6 is 23.2 Å². The van der Waals surface area contributed by atoms with Gasteiger partial charge in [0.1, 0.15) is 0 Å². The fourth-order valence-electron chi connectivity index (χ4n) is 1.98. The van der Waals surface area contributed by atoms with Crippen molar-refractivity contribution in [3.05, 3.63) is 74.9 Å². The number of hydrogen-bond acceptors (Lipinski definition) is 3. The minimum absolute atomic E-state index is 0.224. The summed E-state index contributed by atoms with van der Waals surface area (Å²) in [5.41, 5.74) is 2.90. The Labute approximate surface area is 137 Å². The standard InChI is InChI=1S/C17H11Cl2NO2/c1-10-2-4-11(5-3-10)8-15-17(21)22-16(20-15)12-6-7-13(18)14(19)9-12/h2-9H,1H3/b15-8-. The summed E-state index contributed by atoms with van der Waals surface area (Å²) in [7, 11) is 0. The zero-order valence-corrected chi connectivity index (χ0v) is 13.2. The number of cyclic esters (lactones) is 1. The summed E-state index contributed by atoms with van der Waals surface area (Å²) in [6, 6.07) is 12.7. The second-order valence-corrected chi connectivity index (χ2v) is 5.69. The lowest BCUT2D eigenvalue weighted by Gasteiger charge is -2.01. The minimum Gasteiger partial charge on any atom is -0.402 e. The van der Waals surface area contributed by atoms with E-state index >= 15 is 0 Å².